The third-order valence-corrected chi connectivity index (χ3v) is 4.92. The average molecular weight is 422 g/mol. The lowest BCUT2D eigenvalue weighted by Crippen LogP contribution is -2.28. The fourth-order valence-electron chi connectivity index (χ4n) is 3.53. The van der Waals surface area contributed by atoms with Gasteiger partial charge in [-0.25, -0.2) is 4.98 Å². The van der Waals surface area contributed by atoms with E-state index in [9.17, 15) is 9.59 Å². The van der Waals surface area contributed by atoms with Crippen LogP contribution in [0.2, 0.25) is 0 Å². The third kappa shape index (κ3) is 5.48. The number of anilines is 2. The van der Waals surface area contributed by atoms with Crippen molar-refractivity contribution in [1.82, 2.24) is 10.1 Å². The molecule has 8 heteroatoms. The molecule has 0 spiro atoms. The molecule has 1 aromatic carbocycles. The Kier molecular flexibility index (Phi) is 6.69. The second kappa shape index (κ2) is 9.42. The number of carbonyl (C=O) groups excluding carboxylic acids is 2. The van der Waals surface area contributed by atoms with Gasteiger partial charge in [0.05, 0.1) is 5.69 Å². The minimum absolute atomic E-state index is 0. The molecule has 3 aromatic rings. The molecule has 0 fully saturated rings. The quantitative estimate of drug-likeness (QED) is 0.627. The molecule has 2 heterocycles. The van der Waals surface area contributed by atoms with Crippen molar-refractivity contribution in [1.29, 1.82) is 0 Å². The maximum Gasteiger partial charge on any atom is 0.231 e. The van der Waals surface area contributed by atoms with Crippen LogP contribution in [0.25, 0.3) is 0 Å². The van der Waals surface area contributed by atoms with Crippen LogP contribution in [0, 0.1) is 12.8 Å². The molecule has 2 amide bonds. The van der Waals surface area contributed by atoms with Crippen LogP contribution in [-0.4, -0.2) is 22.0 Å². The number of carbonyl (C=O) groups is 2. The summed E-state index contributed by atoms with van der Waals surface area (Å²) < 4.78 is 11.0. The first-order chi connectivity index (χ1) is 14.5. The number of ether oxygens (including phenoxy) is 1. The molecule has 0 bridgehead atoms. The number of fused-ring (bicyclic) bond motifs is 1. The van der Waals surface area contributed by atoms with Crippen molar-refractivity contribution in [3.63, 3.8) is 0 Å². The Balaban J connectivity index is 0.00000272. The maximum atomic E-state index is 12.6. The highest BCUT2D eigenvalue weighted by Gasteiger charge is 2.26. The zero-order valence-electron chi connectivity index (χ0n) is 16.8. The molecular formula is C23H26N4O4. The zero-order chi connectivity index (χ0) is 21.1. The average Bonchev–Trinajstić information content (AvgIpc) is 3.11. The SMILES string of the molecule is C.CC(=O)Nc1cc(Oc2ccc3c(c2)CC(C(=O)Nc2cc(C)no2)CC3)ccn1. The number of rotatable bonds is 5. The highest BCUT2D eigenvalue weighted by Crippen LogP contribution is 2.31. The number of nitrogens with one attached hydrogen (secondary N) is 2. The molecule has 1 unspecified atom stereocenters. The maximum absolute atomic E-state index is 12.6. The normalized spacial score (nSPS) is 14.7. The van der Waals surface area contributed by atoms with Gasteiger partial charge in [0.2, 0.25) is 17.7 Å². The van der Waals surface area contributed by atoms with E-state index in [2.05, 4.69) is 20.8 Å². The summed E-state index contributed by atoms with van der Waals surface area (Å²) in [7, 11) is 0. The van der Waals surface area contributed by atoms with Crippen LogP contribution in [0.5, 0.6) is 11.5 Å². The third-order valence-electron chi connectivity index (χ3n) is 4.92. The van der Waals surface area contributed by atoms with Crippen LogP contribution in [0.4, 0.5) is 11.7 Å². The summed E-state index contributed by atoms with van der Waals surface area (Å²) in [5.41, 5.74) is 3.03. The monoisotopic (exact) mass is 422 g/mol. The van der Waals surface area contributed by atoms with Gasteiger partial charge in [-0.05, 0) is 55.5 Å². The summed E-state index contributed by atoms with van der Waals surface area (Å²) in [6, 6.07) is 11.0. The summed E-state index contributed by atoms with van der Waals surface area (Å²) in [6.45, 7) is 3.23. The van der Waals surface area contributed by atoms with Gasteiger partial charge in [-0.15, -0.1) is 0 Å². The van der Waals surface area contributed by atoms with Crippen molar-refractivity contribution < 1.29 is 18.8 Å². The van der Waals surface area contributed by atoms with Gasteiger partial charge in [0.15, 0.2) is 0 Å². The van der Waals surface area contributed by atoms with Gasteiger partial charge in [-0.3, -0.25) is 14.9 Å². The summed E-state index contributed by atoms with van der Waals surface area (Å²) in [4.78, 5) is 27.9. The fourth-order valence-corrected chi connectivity index (χ4v) is 3.53. The Labute approximate surface area is 181 Å². The molecule has 162 valence electrons. The Morgan fingerprint density at radius 1 is 1.10 bits per heavy atom. The van der Waals surface area contributed by atoms with Crippen molar-refractivity contribution >= 4 is 23.5 Å². The van der Waals surface area contributed by atoms with E-state index in [1.54, 1.807) is 31.3 Å². The molecule has 8 nitrogen and oxygen atoms in total. The molecule has 1 aliphatic rings. The molecule has 2 N–H and O–H groups in total. The summed E-state index contributed by atoms with van der Waals surface area (Å²) in [5.74, 6) is 1.62. The minimum atomic E-state index is -0.196. The second-order valence-corrected chi connectivity index (χ2v) is 7.35. The molecule has 2 aromatic heterocycles. The van der Waals surface area contributed by atoms with Crippen molar-refractivity contribution in [2.75, 3.05) is 10.6 Å². The second-order valence-electron chi connectivity index (χ2n) is 7.35. The predicted octanol–water partition coefficient (Wildman–Crippen LogP) is 4.51. The first kappa shape index (κ1) is 22.0. The Morgan fingerprint density at radius 3 is 2.65 bits per heavy atom. The van der Waals surface area contributed by atoms with E-state index in [1.165, 1.54) is 12.5 Å². The summed E-state index contributed by atoms with van der Waals surface area (Å²) in [5, 5.41) is 9.22. The lowest BCUT2D eigenvalue weighted by atomic mass is 9.83. The number of amides is 2. The molecule has 4 rings (SSSR count). The van der Waals surface area contributed by atoms with E-state index in [1.807, 2.05) is 18.2 Å². The van der Waals surface area contributed by atoms with E-state index >= 15 is 0 Å². The number of aromatic nitrogens is 2. The van der Waals surface area contributed by atoms with Crippen molar-refractivity contribution in [3.05, 3.63) is 59.4 Å². The largest absolute Gasteiger partial charge is 0.457 e. The van der Waals surface area contributed by atoms with Gasteiger partial charge in [0, 0.05) is 31.2 Å². The van der Waals surface area contributed by atoms with Crippen molar-refractivity contribution in [2.45, 2.75) is 40.5 Å². The van der Waals surface area contributed by atoms with Crippen LogP contribution in [0.15, 0.2) is 47.1 Å². The van der Waals surface area contributed by atoms with Gasteiger partial charge in [0.1, 0.15) is 17.3 Å². The standard InChI is InChI=1S/C22H22N4O4.CH4/c1-13-9-21(30-26-13)25-22(28)16-4-3-15-5-6-18(11-17(15)10-16)29-19-7-8-23-20(12-19)24-14(2)27;/h5-9,11-12,16H,3-4,10H2,1-2H3,(H,25,28)(H,23,24,27);1H4. The van der Waals surface area contributed by atoms with Gasteiger partial charge in [-0.1, -0.05) is 18.6 Å². The van der Waals surface area contributed by atoms with Crippen LogP contribution in [-0.2, 0) is 22.4 Å². The van der Waals surface area contributed by atoms with Crippen LogP contribution < -0.4 is 15.4 Å². The summed E-state index contributed by atoms with van der Waals surface area (Å²) >= 11 is 0. The highest BCUT2D eigenvalue weighted by atomic mass is 16.5. The smallest absolute Gasteiger partial charge is 0.231 e. The van der Waals surface area contributed by atoms with Crippen LogP contribution in [0.1, 0.15) is 37.6 Å². The molecule has 0 aliphatic heterocycles. The number of hydrogen-bond acceptors (Lipinski definition) is 6. The van der Waals surface area contributed by atoms with E-state index in [-0.39, 0.29) is 25.2 Å². The molecule has 0 radical (unpaired) electrons. The van der Waals surface area contributed by atoms with Gasteiger partial charge in [-0.2, -0.15) is 0 Å². The number of aryl methyl sites for hydroxylation is 2. The van der Waals surface area contributed by atoms with Gasteiger partial charge in [0.25, 0.3) is 0 Å². The topological polar surface area (TPSA) is 106 Å². The Morgan fingerprint density at radius 2 is 1.90 bits per heavy atom. The first-order valence-electron chi connectivity index (χ1n) is 9.74. The van der Waals surface area contributed by atoms with E-state index < -0.39 is 0 Å². The molecule has 31 heavy (non-hydrogen) atoms. The predicted molar refractivity (Wildman–Crippen MR) is 117 cm³/mol. The number of pyridine rings is 1. The fraction of sp³-hybridized carbons (Fsp3) is 0.304. The van der Waals surface area contributed by atoms with Crippen LogP contribution in [0.3, 0.4) is 0 Å². The molecular weight excluding hydrogens is 396 g/mol. The van der Waals surface area contributed by atoms with E-state index in [0.29, 0.717) is 29.6 Å². The zero-order valence-corrected chi connectivity index (χ0v) is 16.8. The number of benzene rings is 1. The molecule has 1 atom stereocenters. The molecule has 0 saturated heterocycles. The molecule has 1 aliphatic carbocycles. The van der Waals surface area contributed by atoms with Gasteiger partial charge < -0.3 is 14.6 Å². The van der Waals surface area contributed by atoms with Crippen molar-refractivity contribution in [2.24, 2.45) is 5.92 Å². The van der Waals surface area contributed by atoms with Gasteiger partial charge >= 0.3 is 0 Å². The van der Waals surface area contributed by atoms with Crippen molar-refractivity contribution in [3.8, 4) is 11.5 Å². The lowest BCUT2D eigenvalue weighted by Gasteiger charge is -2.24. The lowest BCUT2D eigenvalue weighted by molar-refractivity contribution is -0.120. The number of hydrogen-bond donors (Lipinski definition) is 2. The Bertz CT molecular complexity index is 1090. The Hall–Kier alpha value is -3.68. The molecule has 0 saturated carbocycles. The van der Waals surface area contributed by atoms with E-state index in [0.717, 1.165) is 24.1 Å². The summed E-state index contributed by atoms with van der Waals surface area (Å²) in [6.07, 6.45) is 3.80. The highest BCUT2D eigenvalue weighted by molar-refractivity contribution is 5.91. The first-order valence-corrected chi connectivity index (χ1v) is 9.74. The van der Waals surface area contributed by atoms with Crippen LogP contribution >= 0.6 is 0 Å². The van der Waals surface area contributed by atoms with E-state index in [4.69, 9.17) is 9.26 Å². The number of nitrogens with zero attached hydrogens (tertiary/aromatic N) is 2. The minimum Gasteiger partial charge on any atom is -0.457 e.